The second kappa shape index (κ2) is 5.24. The summed E-state index contributed by atoms with van der Waals surface area (Å²) in [5.41, 5.74) is 0.391. The van der Waals surface area contributed by atoms with Crippen molar-refractivity contribution in [2.75, 3.05) is 12.4 Å². The fraction of sp³-hybridized carbons (Fsp3) is 0.400. The number of hydrogen-bond donors (Lipinski definition) is 3. The van der Waals surface area contributed by atoms with Gasteiger partial charge in [-0.25, -0.2) is 14.8 Å². The number of aryl methyl sites for hydroxylation is 1. The molecule has 92 valence electrons. The Hall–Kier alpha value is -2.18. The fourth-order valence-corrected chi connectivity index (χ4v) is 1.22. The van der Waals surface area contributed by atoms with Crippen LogP contribution in [0.1, 0.15) is 23.0 Å². The summed E-state index contributed by atoms with van der Waals surface area (Å²) in [6.07, 6.45) is 1.21. The van der Waals surface area contributed by atoms with Gasteiger partial charge >= 0.3 is 5.97 Å². The van der Waals surface area contributed by atoms with Crippen molar-refractivity contribution < 1.29 is 14.7 Å². The van der Waals surface area contributed by atoms with Gasteiger partial charge in [0.15, 0.2) is 0 Å². The van der Waals surface area contributed by atoms with Crippen LogP contribution in [-0.2, 0) is 4.79 Å². The molecule has 0 radical (unpaired) electrons. The highest BCUT2D eigenvalue weighted by molar-refractivity contribution is 5.88. The number of carbonyl (C=O) groups is 2. The first kappa shape index (κ1) is 12.9. The van der Waals surface area contributed by atoms with Gasteiger partial charge in [0.05, 0.1) is 11.3 Å². The molecule has 0 saturated heterocycles. The number of amides is 1. The molecule has 0 saturated carbocycles. The topological polar surface area (TPSA) is 104 Å². The van der Waals surface area contributed by atoms with Gasteiger partial charge < -0.3 is 15.7 Å². The van der Waals surface area contributed by atoms with Crippen LogP contribution in [0.15, 0.2) is 6.20 Å². The predicted octanol–water partition coefficient (Wildman–Crippen LogP) is 0.0296. The number of rotatable bonds is 4. The number of hydrogen-bond acceptors (Lipinski definition) is 5. The van der Waals surface area contributed by atoms with Crippen LogP contribution in [0.2, 0.25) is 0 Å². The average molecular weight is 238 g/mol. The van der Waals surface area contributed by atoms with Gasteiger partial charge in [-0.1, -0.05) is 0 Å². The minimum atomic E-state index is -1.08. The molecule has 7 heteroatoms. The number of likely N-dealkylation sites (N-methyl/N-ethyl adjacent to an activating group) is 1. The summed E-state index contributed by atoms with van der Waals surface area (Å²) in [6.45, 7) is 3.23. The van der Waals surface area contributed by atoms with Crippen molar-refractivity contribution >= 4 is 17.8 Å². The van der Waals surface area contributed by atoms with E-state index in [-0.39, 0.29) is 17.4 Å². The Balaban J connectivity index is 2.84. The number of aromatic nitrogens is 2. The third-order valence-electron chi connectivity index (χ3n) is 2.20. The van der Waals surface area contributed by atoms with Gasteiger partial charge in [-0.05, 0) is 13.8 Å². The van der Waals surface area contributed by atoms with Crippen molar-refractivity contribution in [3.8, 4) is 0 Å². The Morgan fingerprint density at radius 3 is 2.59 bits per heavy atom. The molecule has 3 N–H and O–H groups in total. The smallest absolute Gasteiger partial charge is 0.339 e. The van der Waals surface area contributed by atoms with Crippen LogP contribution in [0.5, 0.6) is 0 Å². The number of carbonyl (C=O) groups excluding carboxylic acids is 1. The number of aromatic carboxylic acids is 1. The van der Waals surface area contributed by atoms with Gasteiger partial charge in [-0.15, -0.1) is 0 Å². The van der Waals surface area contributed by atoms with Gasteiger partial charge in [-0.2, -0.15) is 0 Å². The summed E-state index contributed by atoms with van der Waals surface area (Å²) in [7, 11) is 1.53. The molecule has 1 rings (SSSR count). The monoisotopic (exact) mass is 238 g/mol. The quantitative estimate of drug-likeness (QED) is 0.683. The molecule has 1 aromatic heterocycles. The first-order chi connectivity index (χ1) is 7.95. The van der Waals surface area contributed by atoms with Crippen LogP contribution in [0.3, 0.4) is 0 Å². The standard InChI is InChI=1S/C10H14N4O3/c1-5-7(9(16)17)4-12-10(13-5)14-6(2)8(15)11-3/h4,6H,1-3H3,(H,11,15)(H,16,17)(H,12,13,14). The molecular weight excluding hydrogens is 224 g/mol. The normalized spacial score (nSPS) is 11.7. The fourth-order valence-electron chi connectivity index (χ4n) is 1.22. The zero-order valence-electron chi connectivity index (χ0n) is 9.81. The van der Waals surface area contributed by atoms with E-state index in [0.29, 0.717) is 5.69 Å². The Morgan fingerprint density at radius 2 is 2.12 bits per heavy atom. The second-order valence-electron chi connectivity index (χ2n) is 3.48. The van der Waals surface area contributed by atoms with Crippen LogP contribution in [0.4, 0.5) is 5.95 Å². The van der Waals surface area contributed by atoms with Crippen LogP contribution >= 0.6 is 0 Å². The molecule has 17 heavy (non-hydrogen) atoms. The Bertz CT molecular complexity index is 447. The predicted molar refractivity (Wildman–Crippen MR) is 60.9 cm³/mol. The number of carboxylic acid groups (broad SMARTS) is 1. The minimum absolute atomic E-state index is 0.0446. The largest absolute Gasteiger partial charge is 0.478 e. The highest BCUT2D eigenvalue weighted by Gasteiger charge is 2.14. The van der Waals surface area contributed by atoms with E-state index < -0.39 is 12.0 Å². The SMILES string of the molecule is CNC(=O)C(C)Nc1ncc(C(=O)O)c(C)n1. The highest BCUT2D eigenvalue weighted by Crippen LogP contribution is 2.07. The lowest BCUT2D eigenvalue weighted by Gasteiger charge is -2.12. The molecule has 0 aromatic carbocycles. The van der Waals surface area contributed by atoms with Crippen molar-refractivity contribution in [2.24, 2.45) is 0 Å². The Morgan fingerprint density at radius 1 is 1.47 bits per heavy atom. The maximum Gasteiger partial charge on any atom is 0.339 e. The summed E-state index contributed by atoms with van der Waals surface area (Å²) < 4.78 is 0. The summed E-state index contributed by atoms with van der Waals surface area (Å²) in [4.78, 5) is 29.8. The molecule has 0 aliphatic heterocycles. The first-order valence-corrected chi connectivity index (χ1v) is 5.00. The van der Waals surface area contributed by atoms with E-state index in [2.05, 4.69) is 20.6 Å². The molecule has 1 heterocycles. The van der Waals surface area contributed by atoms with E-state index in [1.54, 1.807) is 13.8 Å². The summed E-state index contributed by atoms with van der Waals surface area (Å²) in [5.74, 6) is -1.05. The third kappa shape index (κ3) is 3.13. The zero-order valence-corrected chi connectivity index (χ0v) is 9.81. The van der Waals surface area contributed by atoms with Gasteiger partial charge in [0.25, 0.3) is 0 Å². The van der Waals surface area contributed by atoms with Crippen molar-refractivity contribution in [2.45, 2.75) is 19.9 Å². The molecule has 0 aliphatic carbocycles. The van der Waals surface area contributed by atoms with Crippen molar-refractivity contribution in [3.05, 3.63) is 17.5 Å². The Kier molecular flexibility index (Phi) is 3.97. The summed E-state index contributed by atoms with van der Waals surface area (Å²) >= 11 is 0. The molecule has 7 nitrogen and oxygen atoms in total. The number of nitrogens with one attached hydrogen (secondary N) is 2. The maximum absolute atomic E-state index is 11.3. The summed E-state index contributed by atoms with van der Waals surface area (Å²) in [6, 6.07) is -0.491. The van der Waals surface area contributed by atoms with E-state index in [0.717, 1.165) is 0 Å². The lowest BCUT2D eigenvalue weighted by atomic mass is 10.2. The lowest BCUT2D eigenvalue weighted by Crippen LogP contribution is -2.35. The minimum Gasteiger partial charge on any atom is -0.478 e. The second-order valence-corrected chi connectivity index (χ2v) is 3.48. The molecule has 0 spiro atoms. The van der Waals surface area contributed by atoms with E-state index in [1.807, 2.05) is 0 Å². The van der Waals surface area contributed by atoms with Crippen molar-refractivity contribution in [3.63, 3.8) is 0 Å². The van der Waals surface area contributed by atoms with Gasteiger partial charge in [0.1, 0.15) is 6.04 Å². The van der Waals surface area contributed by atoms with E-state index in [4.69, 9.17) is 5.11 Å². The van der Waals surface area contributed by atoms with Gasteiger partial charge in [0, 0.05) is 13.2 Å². The molecule has 1 unspecified atom stereocenters. The zero-order chi connectivity index (χ0) is 13.0. The molecular formula is C10H14N4O3. The van der Waals surface area contributed by atoms with Crippen LogP contribution in [0, 0.1) is 6.92 Å². The molecule has 0 bridgehead atoms. The van der Waals surface area contributed by atoms with Crippen LogP contribution in [-0.4, -0.2) is 40.0 Å². The molecule has 0 aliphatic rings. The van der Waals surface area contributed by atoms with Gasteiger partial charge in [-0.3, -0.25) is 4.79 Å². The van der Waals surface area contributed by atoms with E-state index in [1.165, 1.54) is 13.2 Å². The maximum atomic E-state index is 11.3. The number of nitrogens with zero attached hydrogens (tertiary/aromatic N) is 2. The lowest BCUT2D eigenvalue weighted by molar-refractivity contribution is -0.121. The molecule has 1 amide bonds. The summed E-state index contributed by atoms with van der Waals surface area (Å²) in [5, 5.41) is 14.1. The number of carboxylic acids is 1. The van der Waals surface area contributed by atoms with Crippen molar-refractivity contribution in [1.82, 2.24) is 15.3 Å². The first-order valence-electron chi connectivity index (χ1n) is 5.00. The Labute approximate surface area is 98.3 Å². The van der Waals surface area contributed by atoms with Crippen molar-refractivity contribution in [1.29, 1.82) is 0 Å². The van der Waals surface area contributed by atoms with E-state index in [9.17, 15) is 9.59 Å². The van der Waals surface area contributed by atoms with Crippen LogP contribution < -0.4 is 10.6 Å². The third-order valence-corrected chi connectivity index (χ3v) is 2.20. The van der Waals surface area contributed by atoms with Gasteiger partial charge in [0.2, 0.25) is 11.9 Å². The highest BCUT2D eigenvalue weighted by atomic mass is 16.4. The van der Waals surface area contributed by atoms with E-state index >= 15 is 0 Å². The van der Waals surface area contributed by atoms with Crippen LogP contribution in [0.25, 0.3) is 0 Å². The number of anilines is 1. The molecule has 1 aromatic rings. The average Bonchev–Trinajstić information content (AvgIpc) is 2.27. The molecule has 0 fully saturated rings. The molecule has 1 atom stereocenters.